The van der Waals surface area contributed by atoms with E-state index in [2.05, 4.69) is 31.6 Å². The van der Waals surface area contributed by atoms with Crippen LogP contribution in [0.25, 0.3) is 11.4 Å². The van der Waals surface area contributed by atoms with Crippen LogP contribution >= 0.6 is 28.1 Å². The lowest BCUT2D eigenvalue weighted by molar-refractivity contribution is 0.269. The van der Waals surface area contributed by atoms with Crippen LogP contribution in [0.1, 0.15) is 18.1 Å². The number of hydrogen-bond acceptors (Lipinski definition) is 5. The molecule has 0 amide bonds. The van der Waals surface area contributed by atoms with Crippen LogP contribution in [-0.4, -0.2) is 21.5 Å². The first kappa shape index (κ1) is 22.1. The Kier molecular flexibility index (Phi) is 7.24. The Hall–Kier alpha value is -3.10. The molecule has 1 heterocycles. The lowest BCUT2D eigenvalue weighted by atomic mass is 10.2. The van der Waals surface area contributed by atoms with E-state index in [0.29, 0.717) is 36.0 Å². The Morgan fingerprint density at radius 3 is 2.41 bits per heavy atom. The summed E-state index contributed by atoms with van der Waals surface area (Å²) in [5, 5.41) is 7.22. The van der Waals surface area contributed by atoms with Crippen LogP contribution in [0, 0.1) is 4.77 Å². The van der Waals surface area contributed by atoms with Crippen molar-refractivity contribution < 1.29 is 9.47 Å². The average molecular weight is 511 g/mol. The molecule has 0 atom stereocenters. The monoisotopic (exact) mass is 510 g/mol. The molecule has 32 heavy (non-hydrogen) atoms. The Morgan fingerprint density at radius 2 is 1.69 bits per heavy atom. The maximum Gasteiger partial charge on any atom is 0.214 e. The van der Waals surface area contributed by atoms with Gasteiger partial charge in [-0.3, -0.25) is 0 Å². The minimum Gasteiger partial charge on any atom is -0.490 e. The molecule has 0 aliphatic heterocycles. The van der Waals surface area contributed by atoms with Crippen molar-refractivity contribution >= 4 is 28.1 Å². The van der Waals surface area contributed by atoms with Gasteiger partial charge in [-0.2, -0.15) is 5.10 Å². The fourth-order valence-corrected chi connectivity index (χ4v) is 3.88. The second-order valence-electron chi connectivity index (χ2n) is 6.99. The minimum atomic E-state index is 0.468. The van der Waals surface area contributed by atoms with Crippen LogP contribution in [0.4, 0.5) is 0 Å². The summed E-state index contributed by atoms with van der Waals surface area (Å²) in [7, 11) is 0. The van der Waals surface area contributed by atoms with Crippen molar-refractivity contribution in [2.45, 2.75) is 20.1 Å². The highest BCUT2D eigenvalue weighted by Gasteiger charge is 2.13. The van der Waals surface area contributed by atoms with Gasteiger partial charge in [-0.05, 0) is 42.4 Å². The van der Waals surface area contributed by atoms with Crippen molar-refractivity contribution in [1.82, 2.24) is 14.9 Å². The molecule has 0 saturated carbocycles. The Balaban J connectivity index is 1.54. The first-order valence-corrected chi connectivity index (χ1v) is 11.4. The number of aromatic nitrogens is 3. The molecule has 0 saturated heterocycles. The van der Waals surface area contributed by atoms with Gasteiger partial charge < -0.3 is 14.9 Å². The van der Waals surface area contributed by atoms with Crippen LogP contribution < -0.4 is 14.9 Å². The Labute approximate surface area is 200 Å². The molecule has 0 unspecified atom stereocenters. The van der Waals surface area contributed by atoms with E-state index in [1.807, 2.05) is 79.7 Å². The van der Waals surface area contributed by atoms with Crippen LogP contribution in [0.2, 0.25) is 0 Å². The molecule has 4 rings (SSSR count). The van der Waals surface area contributed by atoms with E-state index in [4.69, 9.17) is 21.7 Å². The normalized spacial score (nSPS) is 10.7. The topological polar surface area (TPSA) is 64.1 Å². The van der Waals surface area contributed by atoms with Gasteiger partial charge in [0.1, 0.15) is 6.61 Å². The van der Waals surface area contributed by atoms with Crippen molar-refractivity contribution in [3.05, 3.63) is 93.2 Å². The van der Waals surface area contributed by atoms with Gasteiger partial charge >= 0.3 is 0 Å². The van der Waals surface area contributed by atoms with Gasteiger partial charge in [0.15, 0.2) is 17.3 Å². The summed E-state index contributed by atoms with van der Waals surface area (Å²) < 4.78 is 15.1. The van der Waals surface area contributed by atoms with Crippen molar-refractivity contribution in [3.63, 3.8) is 0 Å². The number of rotatable bonds is 9. The summed E-state index contributed by atoms with van der Waals surface area (Å²) in [5.41, 5.74) is 6.42. The first-order chi connectivity index (χ1) is 15.7. The second-order valence-corrected chi connectivity index (χ2v) is 8.23. The summed E-state index contributed by atoms with van der Waals surface area (Å²) in [6.45, 7) is 3.47. The number of nitrogens with zero attached hydrogens (tertiary/aromatic N) is 2. The van der Waals surface area contributed by atoms with Crippen molar-refractivity contribution in [2.75, 3.05) is 12.0 Å². The van der Waals surface area contributed by atoms with E-state index in [1.54, 1.807) is 4.68 Å². The Bertz CT molecular complexity index is 1230. The molecular formula is C24H23BrN4O2S. The number of hydrogen-bond donors (Lipinski definition) is 2. The number of aromatic amines is 1. The van der Waals surface area contributed by atoms with Crippen molar-refractivity contribution in [2.24, 2.45) is 0 Å². The van der Waals surface area contributed by atoms with Gasteiger partial charge in [-0.25, -0.2) is 9.77 Å². The van der Waals surface area contributed by atoms with Gasteiger partial charge in [-0.15, -0.1) is 0 Å². The number of benzene rings is 3. The molecule has 2 N–H and O–H groups in total. The number of halogens is 1. The van der Waals surface area contributed by atoms with E-state index in [0.717, 1.165) is 27.0 Å². The summed E-state index contributed by atoms with van der Waals surface area (Å²) in [6, 6.07) is 23.9. The number of nitrogens with one attached hydrogen (secondary N) is 2. The van der Waals surface area contributed by atoms with E-state index >= 15 is 0 Å². The quantitative estimate of drug-likeness (QED) is 0.266. The predicted octanol–water partition coefficient (Wildman–Crippen LogP) is 6.09. The average Bonchev–Trinajstić information content (AvgIpc) is 3.19. The van der Waals surface area contributed by atoms with Crippen molar-refractivity contribution in [1.29, 1.82) is 0 Å². The molecule has 6 nitrogen and oxygen atoms in total. The summed E-state index contributed by atoms with van der Waals surface area (Å²) >= 11 is 9.09. The highest BCUT2D eigenvalue weighted by atomic mass is 79.9. The number of H-pyrrole nitrogens is 1. The predicted molar refractivity (Wildman–Crippen MR) is 132 cm³/mol. The van der Waals surface area contributed by atoms with Crippen LogP contribution in [0.3, 0.4) is 0 Å². The fourth-order valence-electron chi connectivity index (χ4n) is 3.22. The lowest BCUT2D eigenvalue weighted by Crippen LogP contribution is -2.16. The standard InChI is InChI=1S/C24H23BrN4O2S/c1-2-30-21-13-19(20(25)14-22(21)31-16-17-9-5-3-6-10-17)15-26-29-23(27-28-24(29)32)18-11-7-4-8-12-18/h3-14,26H,2,15-16H2,1H3,(H,28,32). The first-order valence-electron chi connectivity index (χ1n) is 10.2. The van der Waals surface area contributed by atoms with E-state index < -0.39 is 0 Å². The molecule has 0 aliphatic rings. The molecule has 0 fully saturated rings. The van der Waals surface area contributed by atoms with Gasteiger partial charge in [-0.1, -0.05) is 76.6 Å². The lowest BCUT2D eigenvalue weighted by Gasteiger charge is -2.16. The molecule has 164 valence electrons. The van der Waals surface area contributed by atoms with Crippen LogP contribution in [0.15, 0.2) is 77.3 Å². The molecule has 3 aromatic carbocycles. The fraction of sp³-hybridized carbons (Fsp3) is 0.167. The highest BCUT2D eigenvalue weighted by molar-refractivity contribution is 9.10. The largest absolute Gasteiger partial charge is 0.490 e. The molecule has 0 radical (unpaired) electrons. The molecule has 0 spiro atoms. The second kappa shape index (κ2) is 10.5. The van der Waals surface area contributed by atoms with Gasteiger partial charge in [0.05, 0.1) is 13.2 Å². The third-order valence-electron chi connectivity index (χ3n) is 4.78. The van der Waals surface area contributed by atoms with E-state index in [1.165, 1.54) is 0 Å². The zero-order valence-electron chi connectivity index (χ0n) is 17.5. The third-order valence-corrected chi connectivity index (χ3v) is 5.79. The maximum absolute atomic E-state index is 6.05. The molecule has 4 aromatic rings. The third kappa shape index (κ3) is 5.20. The maximum atomic E-state index is 6.05. The zero-order chi connectivity index (χ0) is 22.3. The van der Waals surface area contributed by atoms with Gasteiger partial charge in [0.2, 0.25) is 4.77 Å². The van der Waals surface area contributed by atoms with Crippen molar-refractivity contribution in [3.8, 4) is 22.9 Å². The Morgan fingerprint density at radius 1 is 1.00 bits per heavy atom. The molecule has 1 aromatic heterocycles. The van der Waals surface area contributed by atoms with E-state index in [9.17, 15) is 0 Å². The SMILES string of the molecule is CCOc1cc(CNn2c(-c3ccccc3)n[nH]c2=S)c(Br)cc1OCc1ccccc1. The minimum absolute atomic E-state index is 0.468. The smallest absolute Gasteiger partial charge is 0.214 e. The molecule has 0 aliphatic carbocycles. The summed E-state index contributed by atoms with van der Waals surface area (Å²) in [5.74, 6) is 2.11. The molecular weight excluding hydrogens is 488 g/mol. The molecule has 0 bridgehead atoms. The number of ether oxygens (including phenoxy) is 2. The van der Waals surface area contributed by atoms with Gasteiger partial charge in [0.25, 0.3) is 0 Å². The van der Waals surface area contributed by atoms with Crippen LogP contribution in [0.5, 0.6) is 11.5 Å². The van der Waals surface area contributed by atoms with Crippen LogP contribution in [-0.2, 0) is 13.2 Å². The summed E-state index contributed by atoms with van der Waals surface area (Å²) in [6.07, 6.45) is 0. The highest BCUT2D eigenvalue weighted by Crippen LogP contribution is 2.34. The van der Waals surface area contributed by atoms with Gasteiger partial charge in [0, 0.05) is 10.0 Å². The summed E-state index contributed by atoms with van der Waals surface area (Å²) in [4.78, 5) is 0. The van der Waals surface area contributed by atoms with E-state index in [-0.39, 0.29) is 0 Å². The zero-order valence-corrected chi connectivity index (χ0v) is 19.9. The molecule has 8 heteroatoms.